The maximum absolute atomic E-state index is 9.26. The molecule has 0 radical (unpaired) electrons. The molecule has 0 amide bonds. The highest BCUT2D eigenvalue weighted by Crippen LogP contribution is 2.23. The van der Waals surface area contributed by atoms with Crippen molar-refractivity contribution in [3.05, 3.63) is 28.8 Å². The van der Waals surface area contributed by atoms with Crippen LogP contribution >= 0.6 is 11.6 Å². The molecule has 1 saturated heterocycles. The normalized spacial score (nSPS) is 16.5. The van der Waals surface area contributed by atoms with Gasteiger partial charge in [-0.25, -0.2) is 0 Å². The Kier molecular flexibility index (Phi) is 5.95. The first-order chi connectivity index (χ1) is 9.29. The van der Waals surface area contributed by atoms with Crippen LogP contribution in [0.5, 0.6) is 5.75 Å². The second kappa shape index (κ2) is 7.73. The molecule has 1 N–H and O–H groups in total. The molecule has 106 valence electrons. The summed E-state index contributed by atoms with van der Waals surface area (Å²) in [5.41, 5.74) is 0.755. The topological polar surface area (TPSA) is 32.7 Å². The van der Waals surface area contributed by atoms with Crippen LogP contribution < -0.4 is 4.74 Å². The number of piperidine rings is 1. The quantitative estimate of drug-likeness (QED) is 0.815. The number of nitrogens with zero attached hydrogens (tertiary/aromatic N) is 1. The lowest BCUT2D eigenvalue weighted by Gasteiger charge is -2.26. The first kappa shape index (κ1) is 14.6. The molecule has 1 aliphatic heterocycles. The maximum Gasteiger partial charge on any atom is 0.124 e. The van der Waals surface area contributed by atoms with Gasteiger partial charge in [0, 0.05) is 17.1 Å². The number of halogens is 1. The molecule has 1 heterocycles. The Hall–Kier alpha value is -0.770. The van der Waals surface area contributed by atoms with Gasteiger partial charge in [-0.05, 0) is 50.6 Å². The van der Waals surface area contributed by atoms with Gasteiger partial charge in [0.1, 0.15) is 5.75 Å². The standard InChI is InChI=1S/C15H22ClNO2/c16-14-5-6-15(13(11-14)12-18)19-10-4-9-17-7-2-1-3-8-17/h5-6,11,18H,1-4,7-10,12H2. The van der Waals surface area contributed by atoms with Crippen molar-refractivity contribution >= 4 is 11.6 Å². The summed E-state index contributed by atoms with van der Waals surface area (Å²) < 4.78 is 5.73. The van der Waals surface area contributed by atoms with Crippen LogP contribution in [0.2, 0.25) is 5.02 Å². The fourth-order valence-electron chi connectivity index (χ4n) is 2.47. The van der Waals surface area contributed by atoms with E-state index in [4.69, 9.17) is 16.3 Å². The number of aliphatic hydroxyl groups excluding tert-OH is 1. The fraction of sp³-hybridized carbons (Fsp3) is 0.600. The Balaban J connectivity index is 1.73. The summed E-state index contributed by atoms with van der Waals surface area (Å²) in [7, 11) is 0. The van der Waals surface area contributed by atoms with E-state index in [1.54, 1.807) is 12.1 Å². The minimum absolute atomic E-state index is 0.0397. The summed E-state index contributed by atoms with van der Waals surface area (Å²) in [6.45, 7) is 4.20. The number of benzene rings is 1. The predicted molar refractivity (Wildman–Crippen MR) is 77.8 cm³/mol. The van der Waals surface area contributed by atoms with Crippen LogP contribution in [-0.2, 0) is 6.61 Å². The third-order valence-electron chi connectivity index (χ3n) is 3.52. The number of aliphatic hydroxyl groups is 1. The summed E-state index contributed by atoms with van der Waals surface area (Å²) in [4.78, 5) is 2.50. The van der Waals surface area contributed by atoms with E-state index in [-0.39, 0.29) is 6.61 Å². The van der Waals surface area contributed by atoms with Gasteiger partial charge >= 0.3 is 0 Å². The van der Waals surface area contributed by atoms with Crippen LogP contribution in [0, 0.1) is 0 Å². The second-order valence-corrected chi connectivity index (χ2v) is 5.45. The van der Waals surface area contributed by atoms with Gasteiger partial charge in [-0.3, -0.25) is 0 Å². The molecule has 0 spiro atoms. The molecule has 0 aliphatic carbocycles. The van der Waals surface area contributed by atoms with E-state index in [2.05, 4.69) is 4.90 Å². The molecular formula is C15H22ClNO2. The highest BCUT2D eigenvalue weighted by atomic mass is 35.5. The van der Waals surface area contributed by atoms with Crippen LogP contribution in [0.15, 0.2) is 18.2 Å². The van der Waals surface area contributed by atoms with Crippen LogP contribution in [-0.4, -0.2) is 36.2 Å². The predicted octanol–water partition coefficient (Wildman–Crippen LogP) is 3.09. The smallest absolute Gasteiger partial charge is 0.124 e. The summed E-state index contributed by atoms with van der Waals surface area (Å²) in [5.74, 6) is 0.741. The number of hydrogen-bond acceptors (Lipinski definition) is 3. The molecule has 0 bridgehead atoms. The average molecular weight is 284 g/mol. The third kappa shape index (κ3) is 4.68. The Morgan fingerprint density at radius 3 is 2.74 bits per heavy atom. The zero-order valence-electron chi connectivity index (χ0n) is 11.3. The molecule has 1 fully saturated rings. The van der Waals surface area contributed by atoms with E-state index in [1.165, 1.54) is 32.4 Å². The number of hydrogen-bond donors (Lipinski definition) is 1. The van der Waals surface area contributed by atoms with Crippen molar-refractivity contribution in [1.82, 2.24) is 4.90 Å². The molecule has 1 aromatic rings. The maximum atomic E-state index is 9.26. The summed E-state index contributed by atoms with van der Waals surface area (Å²) in [6, 6.07) is 5.37. The molecule has 19 heavy (non-hydrogen) atoms. The van der Waals surface area contributed by atoms with E-state index < -0.39 is 0 Å². The van der Waals surface area contributed by atoms with Crippen molar-refractivity contribution in [3.8, 4) is 5.75 Å². The molecule has 4 heteroatoms. The first-order valence-corrected chi connectivity index (χ1v) is 7.42. The summed E-state index contributed by atoms with van der Waals surface area (Å²) >= 11 is 5.89. The first-order valence-electron chi connectivity index (χ1n) is 7.04. The van der Waals surface area contributed by atoms with Gasteiger partial charge < -0.3 is 14.7 Å². The van der Waals surface area contributed by atoms with Crippen molar-refractivity contribution in [3.63, 3.8) is 0 Å². The fourth-order valence-corrected chi connectivity index (χ4v) is 2.66. The summed E-state index contributed by atoms with van der Waals surface area (Å²) in [5, 5.41) is 9.89. The van der Waals surface area contributed by atoms with Gasteiger partial charge in [-0.1, -0.05) is 18.0 Å². The lowest BCUT2D eigenvalue weighted by atomic mass is 10.1. The Bertz CT molecular complexity index is 392. The molecular weight excluding hydrogens is 262 g/mol. The van der Waals surface area contributed by atoms with Gasteiger partial charge in [0.05, 0.1) is 13.2 Å². The van der Waals surface area contributed by atoms with Crippen LogP contribution in [0.3, 0.4) is 0 Å². The highest BCUT2D eigenvalue weighted by molar-refractivity contribution is 6.30. The monoisotopic (exact) mass is 283 g/mol. The van der Waals surface area contributed by atoms with E-state index in [0.29, 0.717) is 11.6 Å². The molecule has 1 aromatic carbocycles. The Labute approximate surface area is 120 Å². The minimum atomic E-state index is -0.0397. The molecule has 0 atom stereocenters. The van der Waals surface area contributed by atoms with Crippen molar-refractivity contribution in [2.75, 3.05) is 26.2 Å². The zero-order chi connectivity index (χ0) is 13.5. The molecule has 3 nitrogen and oxygen atoms in total. The SMILES string of the molecule is OCc1cc(Cl)ccc1OCCCN1CCCCC1. The number of likely N-dealkylation sites (tertiary alicyclic amines) is 1. The van der Waals surface area contributed by atoms with E-state index in [1.807, 2.05) is 6.07 Å². The van der Waals surface area contributed by atoms with Gasteiger partial charge in [0.2, 0.25) is 0 Å². The molecule has 0 saturated carbocycles. The molecule has 1 aliphatic rings. The van der Waals surface area contributed by atoms with Gasteiger partial charge in [-0.2, -0.15) is 0 Å². The van der Waals surface area contributed by atoms with Gasteiger partial charge in [0.25, 0.3) is 0 Å². The van der Waals surface area contributed by atoms with Crippen LogP contribution in [0.4, 0.5) is 0 Å². The van der Waals surface area contributed by atoms with E-state index in [0.717, 1.165) is 24.3 Å². The van der Waals surface area contributed by atoms with E-state index in [9.17, 15) is 5.11 Å². The number of rotatable bonds is 6. The van der Waals surface area contributed by atoms with Gasteiger partial charge in [-0.15, -0.1) is 0 Å². The molecule has 0 unspecified atom stereocenters. The van der Waals surface area contributed by atoms with Crippen LogP contribution in [0.25, 0.3) is 0 Å². The van der Waals surface area contributed by atoms with Crippen molar-refractivity contribution in [2.45, 2.75) is 32.3 Å². The zero-order valence-corrected chi connectivity index (χ0v) is 12.0. The van der Waals surface area contributed by atoms with E-state index >= 15 is 0 Å². The highest BCUT2D eigenvalue weighted by Gasteiger charge is 2.09. The largest absolute Gasteiger partial charge is 0.493 e. The lowest BCUT2D eigenvalue weighted by molar-refractivity contribution is 0.202. The Morgan fingerprint density at radius 1 is 1.21 bits per heavy atom. The Morgan fingerprint density at radius 2 is 2.00 bits per heavy atom. The molecule has 2 rings (SSSR count). The lowest BCUT2D eigenvalue weighted by Crippen LogP contribution is -2.31. The average Bonchev–Trinajstić information content (AvgIpc) is 2.46. The number of ether oxygens (including phenoxy) is 1. The third-order valence-corrected chi connectivity index (χ3v) is 3.75. The molecule has 0 aromatic heterocycles. The van der Waals surface area contributed by atoms with Crippen molar-refractivity contribution in [1.29, 1.82) is 0 Å². The summed E-state index contributed by atoms with van der Waals surface area (Å²) in [6.07, 6.45) is 5.05. The van der Waals surface area contributed by atoms with Crippen LogP contribution in [0.1, 0.15) is 31.2 Å². The van der Waals surface area contributed by atoms with Crippen molar-refractivity contribution in [2.24, 2.45) is 0 Å². The van der Waals surface area contributed by atoms with Gasteiger partial charge in [0.15, 0.2) is 0 Å². The minimum Gasteiger partial charge on any atom is -0.493 e. The second-order valence-electron chi connectivity index (χ2n) is 5.01. The van der Waals surface area contributed by atoms with Crippen molar-refractivity contribution < 1.29 is 9.84 Å².